The van der Waals surface area contributed by atoms with E-state index in [1.807, 2.05) is 29.7 Å². The molecule has 0 unspecified atom stereocenters. The van der Waals surface area contributed by atoms with Crippen LogP contribution in [0.4, 0.5) is 0 Å². The van der Waals surface area contributed by atoms with E-state index < -0.39 is 0 Å². The van der Waals surface area contributed by atoms with Crippen molar-refractivity contribution in [3.8, 4) is 0 Å². The lowest BCUT2D eigenvalue weighted by atomic mass is 9.96. The number of amides is 2. The summed E-state index contributed by atoms with van der Waals surface area (Å²) >= 11 is 0. The van der Waals surface area contributed by atoms with Gasteiger partial charge >= 0.3 is 0 Å². The molecule has 2 atom stereocenters. The molecular weight excluding hydrogens is 394 g/mol. The summed E-state index contributed by atoms with van der Waals surface area (Å²) in [6.07, 6.45) is 6.31. The van der Waals surface area contributed by atoms with Gasteiger partial charge in [-0.15, -0.1) is 0 Å². The summed E-state index contributed by atoms with van der Waals surface area (Å²) in [5, 5.41) is 3.25. The van der Waals surface area contributed by atoms with E-state index in [2.05, 4.69) is 5.10 Å². The molecule has 1 N–H and O–H groups in total. The Morgan fingerprint density at radius 1 is 1.23 bits per heavy atom. The molecule has 2 aromatic rings. The molecule has 2 aliphatic heterocycles. The second-order valence-corrected chi connectivity index (χ2v) is 9.38. The van der Waals surface area contributed by atoms with Crippen LogP contribution in [0, 0.1) is 11.8 Å². The Morgan fingerprint density at radius 3 is 2.77 bits per heavy atom. The van der Waals surface area contributed by atoms with Crippen molar-refractivity contribution in [2.75, 3.05) is 13.1 Å². The number of hydrogen-bond acceptors (Lipinski definition) is 4. The molecule has 2 amide bonds. The quantitative estimate of drug-likeness (QED) is 0.815. The van der Waals surface area contributed by atoms with Gasteiger partial charge in [-0.05, 0) is 38.5 Å². The molecule has 3 aliphatic rings. The minimum atomic E-state index is -0.129. The van der Waals surface area contributed by atoms with E-state index in [4.69, 9.17) is 4.98 Å². The lowest BCUT2D eigenvalue weighted by Crippen LogP contribution is -2.41. The number of rotatable bonds is 4. The van der Waals surface area contributed by atoms with E-state index in [1.54, 1.807) is 0 Å². The summed E-state index contributed by atoms with van der Waals surface area (Å²) in [6, 6.07) is 1.87. The molecule has 0 spiro atoms. The number of nitrogens with one attached hydrogen (secondary N) is 1. The van der Waals surface area contributed by atoms with Crippen molar-refractivity contribution in [2.24, 2.45) is 11.8 Å². The number of piperidine rings is 1. The van der Waals surface area contributed by atoms with Gasteiger partial charge in [0.25, 0.3) is 5.56 Å². The molecule has 5 rings (SSSR count). The number of aromatic amines is 1. The molecule has 8 heteroatoms. The number of H-pyrrole nitrogens is 1. The maximum absolute atomic E-state index is 13.3. The third-order valence-corrected chi connectivity index (χ3v) is 7.20. The Labute approximate surface area is 181 Å². The number of nitrogens with zero attached hydrogens (tertiary/aromatic N) is 4. The fraction of sp³-hybridized carbons (Fsp3) is 0.652. The highest BCUT2D eigenvalue weighted by atomic mass is 16.2. The van der Waals surface area contributed by atoms with Crippen molar-refractivity contribution in [1.82, 2.24) is 24.4 Å². The molecule has 2 fully saturated rings. The summed E-state index contributed by atoms with van der Waals surface area (Å²) in [5.41, 5.74) is 2.75. The van der Waals surface area contributed by atoms with Gasteiger partial charge in [-0.25, -0.2) is 9.50 Å². The van der Waals surface area contributed by atoms with Gasteiger partial charge in [0.05, 0.1) is 29.5 Å². The van der Waals surface area contributed by atoms with Crippen LogP contribution in [0.1, 0.15) is 75.4 Å². The highest BCUT2D eigenvalue weighted by molar-refractivity contribution is 5.81. The van der Waals surface area contributed by atoms with Crippen molar-refractivity contribution in [3.05, 3.63) is 33.4 Å². The molecule has 0 aromatic carbocycles. The minimum absolute atomic E-state index is 0.00636. The number of aromatic nitrogens is 3. The Balaban J connectivity index is 1.47. The van der Waals surface area contributed by atoms with Crippen molar-refractivity contribution in [2.45, 2.75) is 71.4 Å². The number of fused-ring (bicyclic) bond motifs is 2. The molecule has 0 bridgehead atoms. The minimum Gasteiger partial charge on any atom is -0.337 e. The highest BCUT2D eigenvalue weighted by Crippen LogP contribution is 2.33. The standard InChI is InChI=1S/C23H31N5O3/c1-3-14(2)21(29)27-10-5-4-6-19(27)18-12-20-24-17-9-11-26(22(30)15-7-8-15)13-16(17)23(31)28(20)25-18/h12,14-15,19,25H,3-11,13H2,1-2H3/t14-,19+/m1/s1. The van der Waals surface area contributed by atoms with Crippen LogP contribution in [0.5, 0.6) is 0 Å². The van der Waals surface area contributed by atoms with Crippen molar-refractivity contribution < 1.29 is 9.59 Å². The van der Waals surface area contributed by atoms with Crippen LogP contribution >= 0.6 is 0 Å². The average Bonchev–Trinajstić information content (AvgIpc) is 3.56. The Morgan fingerprint density at radius 2 is 2.03 bits per heavy atom. The molecule has 2 aromatic heterocycles. The Hall–Kier alpha value is -2.64. The molecule has 1 aliphatic carbocycles. The summed E-state index contributed by atoms with van der Waals surface area (Å²) < 4.78 is 1.50. The van der Waals surface area contributed by atoms with Crippen molar-refractivity contribution in [3.63, 3.8) is 0 Å². The zero-order valence-electron chi connectivity index (χ0n) is 18.4. The van der Waals surface area contributed by atoms with E-state index in [0.29, 0.717) is 30.7 Å². The fourth-order valence-corrected chi connectivity index (χ4v) is 4.92. The largest absolute Gasteiger partial charge is 0.337 e. The van der Waals surface area contributed by atoms with Crippen LogP contribution < -0.4 is 5.56 Å². The highest BCUT2D eigenvalue weighted by Gasteiger charge is 2.36. The van der Waals surface area contributed by atoms with Crippen molar-refractivity contribution >= 4 is 17.5 Å². The molecule has 1 saturated heterocycles. The van der Waals surface area contributed by atoms with Gasteiger partial charge in [0.2, 0.25) is 11.8 Å². The van der Waals surface area contributed by atoms with Crippen LogP contribution in [0.3, 0.4) is 0 Å². The van der Waals surface area contributed by atoms with Crippen LogP contribution in [-0.2, 0) is 22.6 Å². The van der Waals surface area contributed by atoms with Gasteiger partial charge in [-0.1, -0.05) is 13.8 Å². The molecule has 166 valence electrons. The molecule has 1 saturated carbocycles. The summed E-state index contributed by atoms with van der Waals surface area (Å²) in [4.78, 5) is 47.3. The monoisotopic (exact) mass is 425 g/mol. The zero-order chi connectivity index (χ0) is 21.7. The van der Waals surface area contributed by atoms with Gasteiger partial charge in [-0.3, -0.25) is 19.5 Å². The second kappa shape index (κ2) is 7.80. The van der Waals surface area contributed by atoms with Crippen LogP contribution in [-0.4, -0.2) is 49.3 Å². The maximum Gasteiger partial charge on any atom is 0.277 e. The van der Waals surface area contributed by atoms with E-state index >= 15 is 0 Å². The molecule has 31 heavy (non-hydrogen) atoms. The first-order valence-electron chi connectivity index (χ1n) is 11.7. The van der Waals surface area contributed by atoms with E-state index in [1.165, 1.54) is 4.52 Å². The first-order valence-corrected chi connectivity index (χ1v) is 11.7. The molecule has 8 nitrogen and oxygen atoms in total. The number of carbonyl (C=O) groups excluding carboxylic acids is 2. The third-order valence-electron chi connectivity index (χ3n) is 7.20. The van der Waals surface area contributed by atoms with Gasteiger partial charge in [0.1, 0.15) is 0 Å². The first-order chi connectivity index (χ1) is 15.0. The lowest BCUT2D eigenvalue weighted by molar-refractivity contribution is -0.139. The topological polar surface area (TPSA) is 90.8 Å². The first kappa shape index (κ1) is 20.3. The predicted molar refractivity (Wildman–Crippen MR) is 115 cm³/mol. The number of hydrogen-bond donors (Lipinski definition) is 1. The zero-order valence-corrected chi connectivity index (χ0v) is 18.4. The Bertz CT molecular complexity index is 1080. The smallest absolute Gasteiger partial charge is 0.277 e. The third kappa shape index (κ3) is 3.55. The molecule has 4 heterocycles. The Kier molecular flexibility index (Phi) is 5.10. The lowest BCUT2D eigenvalue weighted by Gasteiger charge is -2.36. The number of carbonyl (C=O) groups is 2. The van der Waals surface area contributed by atoms with Crippen molar-refractivity contribution in [1.29, 1.82) is 0 Å². The van der Waals surface area contributed by atoms with Gasteiger partial charge in [0.15, 0.2) is 5.65 Å². The predicted octanol–water partition coefficient (Wildman–Crippen LogP) is 2.42. The van der Waals surface area contributed by atoms with Gasteiger partial charge < -0.3 is 9.80 Å². The van der Waals surface area contributed by atoms with E-state index in [0.717, 1.165) is 56.5 Å². The SMILES string of the molecule is CC[C@@H](C)C(=O)N1CCCC[C@H]1c1cc2nc3c(c(=O)n2[nH]1)CN(C(=O)C1CC1)CC3. The van der Waals surface area contributed by atoms with Crippen LogP contribution in [0.15, 0.2) is 10.9 Å². The number of likely N-dealkylation sites (tertiary alicyclic amines) is 1. The second-order valence-electron chi connectivity index (χ2n) is 9.38. The van der Waals surface area contributed by atoms with E-state index in [9.17, 15) is 14.4 Å². The average molecular weight is 426 g/mol. The summed E-state index contributed by atoms with van der Waals surface area (Å²) in [7, 11) is 0. The van der Waals surface area contributed by atoms with Crippen LogP contribution in [0.25, 0.3) is 5.65 Å². The maximum atomic E-state index is 13.3. The fourth-order valence-electron chi connectivity index (χ4n) is 4.92. The normalized spacial score (nSPS) is 22.5. The summed E-state index contributed by atoms with van der Waals surface area (Å²) in [6.45, 7) is 5.74. The summed E-state index contributed by atoms with van der Waals surface area (Å²) in [5.74, 6) is 0.495. The van der Waals surface area contributed by atoms with Gasteiger partial charge in [-0.2, -0.15) is 0 Å². The van der Waals surface area contributed by atoms with Crippen LogP contribution in [0.2, 0.25) is 0 Å². The van der Waals surface area contributed by atoms with E-state index in [-0.39, 0.29) is 35.3 Å². The molecule has 0 radical (unpaired) electrons. The van der Waals surface area contributed by atoms with Gasteiger partial charge in [0, 0.05) is 37.4 Å². The molecular formula is C23H31N5O3.